The summed E-state index contributed by atoms with van der Waals surface area (Å²) in [7, 11) is 0. The molecule has 360 valence electrons. The number of thioether (sulfide) groups is 1. The quantitative estimate of drug-likeness (QED) is 0.0381. The average molecular weight is 939 g/mol. The van der Waals surface area contributed by atoms with E-state index in [0.29, 0.717) is 61.9 Å². The van der Waals surface area contributed by atoms with Gasteiger partial charge in [-0.05, 0) is 110 Å². The molecule has 1 saturated heterocycles. The first kappa shape index (κ1) is 48.5. The number of benzene rings is 3. The molecule has 1 amide bonds. The third-order valence-corrected chi connectivity index (χ3v) is 14.4. The molecule has 5 aliphatic rings. The molecule has 3 aromatic rings. The number of allylic oxidation sites excluding steroid dienone is 1. The van der Waals surface area contributed by atoms with Gasteiger partial charge < -0.3 is 48.2 Å². The van der Waals surface area contributed by atoms with Gasteiger partial charge in [-0.1, -0.05) is 60.5 Å². The number of oxime groups is 1. The number of rotatable bonds is 24. The third-order valence-electron chi connectivity index (χ3n) is 13.4. The first-order valence-corrected chi connectivity index (χ1v) is 25.0. The molecular formula is C53H66N2O11S. The van der Waals surface area contributed by atoms with Crippen LogP contribution in [0.2, 0.25) is 0 Å². The lowest BCUT2D eigenvalue weighted by Gasteiger charge is -2.60. The van der Waals surface area contributed by atoms with E-state index in [1.165, 1.54) is 4.90 Å². The molecule has 13 nitrogen and oxygen atoms in total. The van der Waals surface area contributed by atoms with Crippen molar-refractivity contribution in [2.45, 2.75) is 106 Å². The van der Waals surface area contributed by atoms with E-state index in [9.17, 15) is 15.0 Å². The number of carbonyl (C=O) groups excluding carboxylic acids is 1. The number of nitrogens with zero attached hydrogens (tertiary/aromatic N) is 2. The maximum atomic E-state index is 14.9. The second kappa shape index (κ2) is 23.8. The molecule has 8 rings (SSSR count). The van der Waals surface area contributed by atoms with Gasteiger partial charge in [-0.25, -0.2) is 4.79 Å². The fourth-order valence-electron chi connectivity index (χ4n) is 10.3. The summed E-state index contributed by atoms with van der Waals surface area (Å²) in [6, 6.07) is 21.2. The van der Waals surface area contributed by atoms with E-state index < -0.39 is 30.1 Å². The van der Waals surface area contributed by atoms with E-state index in [1.54, 1.807) is 28.8 Å². The molecule has 67 heavy (non-hydrogen) atoms. The first-order valence-electron chi connectivity index (χ1n) is 24.1. The van der Waals surface area contributed by atoms with Crippen molar-refractivity contribution in [3.05, 3.63) is 115 Å². The highest BCUT2D eigenvalue weighted by Crippen LogP contribution is 2.62. The number of carbonyl (C=O) groups is 1. The molecule has 2 aliphatic carbocycles. The topological polar surface area (TPSA) is 147 Å². The van der Waals surface area contributed by atoms with Gasteiger partial charge in [0, 0.05) is 54.7 Å². The SMILES string of the molecule is C=CCCOC(=O)N(Cc1ccc2c(c1)OCO2)C1CC(=NOC2CCCCO2)C2=CC(CCCCO)C(CCCCO)C3c4cc(OCCSc5ccccc5)ccc4OC1(OCC=C)C23. The molecule has 0 radical (unpaired) electrons. The summed E-state index contributed by atoms with van der Waals surface area (Å²) in [6.45, 7) is 9.71. The summed E-state index contributed by atoms with van der Waals surface area (Å²) in [5.74, 6) is 1.26. The smallest absolute Gasteiger partial charge is 0.410 e. The normalized spacial score (nSPS) is 25.2. The van der Waals surface area contributed by atoms with Crippen LogP contribution in [0.3, 0.4) is 0 Å². The lowest BCUT2D eigenvalue weighted by molar-refractivity contribution is -0.256. The summed E-state index contributed by atoms with van der Waals surface area (Å²) in [5, 5.41) is 25.1. The minimum absolute atomic E-state index is 0.0432. The number of hydrogen-bond donors (Lipinski definition) is 2. The van der Waals surface area contributed by atoms with Crippen LogP contribution in [0.4, 0.5) is 4.79 Å². The maximum absolute atomic E-state index is 14.9. The van der Waals surface area contributed by atoms with Crippen molar-refractivity contribution in [3.8, 4) is 23.0 Å². The van der Waals surface area contributed by atoms with Crippen LogP contribution in [0.5, 0.6) is 23.0 Å². The molecule has 3 heterocycles. The number of aliphatic hydroxyl groups is 2. The van der Waals surface area contributed by atoms with Gasteiger partial charge in [0.15, 0.2) is 11.5 Å². The number of ether oxygens (including phenoxy) is 7. The van der Waals surface area contributed by atoms with E-state index in [-0.39, 0.29) is 63.9 Å². The van der Waals surface area contributed by atoms with Gasteiger partial charge in [0.1, 0.15) is 17.5 Å². The maximum Gasteiger partial charge on any atom is 0.410 e. The second-order valence-electron chi connectivity index (χ2n) is 17.7. The Balaban J connectivity index is 1.28. The number of fused-ring (bicyclic) bond motifs is 3. The second-order valence-corrected chi connectivity index (χ2v) is 18.9. The predicted octanol–water partition coefficient (Wildman–Crippen LogP) is 9.96. The number of aliphatic hydroxyl groups excluding tert-OH is 2. The zero-order valence-electron chi connectivity index (χ0n) is 38.5. The Morgan fingerprint density at radius 3 is 2.54 bits per heavy atom. The van der Waals surface area contributed by atoms with Crippen LogP contribution in [0.1, 0.15) is 87.7 Å². The molecule has 0 spiro atoms. The molecule has 2 fully saturated rings. The van der Waals surface area contributed by atoms with Gasteiger partial charge >= 0.3 is 6.09 Å². The van der Waals surface area contributed by atoms with Crippen molar-refractivity contribution >= 4 is 23.6 Å². The van der Waals surface area contributed by atoms with Crippen LogP contribution < -0.4 is 18.9 Å². The molecule has 1 saturated carbocycles. The Labute approximate surface area is 399 Å². The van der Waals surface area contributed by atoms with Crippen LogP contribution in [0.15, 0.2) is 114 Å². The number of hydrogen-bond acceptors (Lipinski definition) is 13. The average Bonchev–Trinajstić information content (AvgIpc) is 3.83. The van der Waals surface area contributed by atoms with E-state index in [4.69, 9.17) is 43.2 Å². The van der Waals surface area contributed by atoms with Gasteiger partial charge in [-0.2, -0.15) is 0 Å². The Hall–Kier alpha value is -4.99. The van der Waals surface area contributed by atoms with Crippen molar-refractivity contribution in [2.24, 2.45) is 22.9 Å². The molecule has 0 aromatic heterocycles. The highest BCUT2D eigenvalue weighted by atomic mass is 32.2. The van der Waals surface area contributed by atoms with E-state index in [2.05, 4.69) is 37.4 Å². The van der Waals surface area contributed by atoms with Crippen molar-refractivity contribution in [3.63, 3.8) is 0 Å². The highest BCUT2D eigenvalue weighted by Gasteiger charge is 2.66. The van der Waals surface area contributed by atoms with Crippen LogP contribution >= 0.6 is 11.8 Å². The van der Waals surface area contributed by atoms with E-state index in [1.807, 2.05) is 48.5 Å². The summed E-state index contributed by atoms with van der Waals surface area (Å²) in [5.41, 5.74) is 3.40. The summed E-state index contributed by atoms with van der Waals surface area (Å²) in [4.78, 5) is 24.1. The lowest BCUT2D eigenvalue weighted by Crippen LogP contribution is -2.70. The van der Waals surface area contributed by atoms with Gasteiger partial charge in [0.05, 0.1) is 38.1 Å². The summed E-state index contributed by atoms with van der Waals surface area (Å²) < 4.78 is 44.7. The fraction of sp³-hybridized carbons (Fsp3) is 0.509. The van der Waals surface area contributed by atoms with Crippen molar-refractivity contribution in [1.29, 1.82) is 0 Å². The minimum Gasteiger partial charge on any atom is -0.493 e. The van der Waals surface area contributed by atoms with E-state index >= 15 is 0 Å². The van der Waals surface area contributed by atoms with E-state index in [0.717, 1.165) is 66.7 Å². The predicted molar refractivity (Wildman–Crippen MR) is 257 cm³/mol. The van der Waals surface area contributed by atoms with Crippen LogP contribution in [-0.2, 0) is 25.6 Å². The molecule has 7 unspecified atom stereocenters. The van der Waals surface area contributed by atoms with Crippen molar-refractivity contribution < 1.29 is 53.0 Å². The molecule has 14 heteroatoms. The molecule has 3 aromatic carbocycles. The number of amides is 1. The molecule has 3 aliphatic heterocycles. The highest BCUT2D eigenvalue weighted by molar-refractivity contribution is 7.99. The Kier molecular flexibility index (Phi) is 17.2. The monoisotopic (exact) mass is 938 g/mol. The molecular weight excluding hydrogens is 873 g/mol. The summed E-state index contributed by atoms with van der Waals surface area (Å²) >= 11 is 1.74. The van der Waals surface area contributed by atoms with Crippen molar-refractivity contribution in [2.75, 3.05) is 52.2 Å². The van der Waals surface area contributed by atoms with Gasteiger partial charge in [-0.15, -0.1) is 24.9 Å². The Morgan fingerprint density at radius 1 is 0.925 bits per heavy atom. The fourth-order valence-corrected chi connectivity index (χ4v) is 11.1. The minimum atomic E-state index is -1.48. The first-order chi connectivity index (χ1) is 33.0. The zero-order valence-corrected chi connectivity index (χ0v) is 39.3. The molecule has 0 bridgehead atoms. The van der Waals surface area contributed by atoms with Crippen LogP contribution in [0.25, 0.3) is 0 Å². The van der Waals surface area contributed by atoms with Gasteiger partial charge in [0.25, 0.3) is 0 Å². The molecule has 2 N–H and O–H groups in total. The number of unbranched alkanes of at least 4 members (excludes halogenated alkanes) is 2. The van der Waals surface area contributed by atoms with Crippen LogP contribution in [-0.4, -0.2) is 97.2 Å². The lowest BCUT2D eigenvalue weighted by atomic mass is 9.55. The standard InChI is InChI=1S/C53H66N2O11S/c1-3-5-27-61-52(58)55(35-37-20-22-46-47(31-37)63-36-62-46)48-34-44(54-66-49-19-11-14-28-60-49)42-32-38(15-9-12-24-56)41(18-10-13-25-57)50-43-33-39(59-29-30-67-40-16-7-6-8-17-40)21-23-45(43)65-53(48,51(42)50)64-26-4-2/h3-4,6-8,16-17,20-23,31-33,38,41,48-51,56-57H,1-2,5,9-15,18-19,24-30,34-36H2. The largest absolute Gasteiger partial charge is 0.493 e. The Morgan fingerprint density at radius 2 is 1.75 bits per heavy atom. The van der Waals surface area contributed by atoms with Gasteiger partial charge in [-0.3, -0.25) is 4.90 Å². The Bertz CT molecular complexity index is 2180. The summed E-state index contributed by atoms with van der Waals surface area (Å²) in [6.07, 6.45) is 12.6. The third kappa shape index (κ3) is 11.5. The molecule has 7 atom stereocenters. The van der Waals surface area contributed by atoms with Crippen LogP contribution in [0, 0.1) is 17.8 Å². The zero-order chi connectivity index (χ0) is 46.4. The van der Waals surface area contributed by atoms with Gasteiger partial charge in [0.2, 0.25) is 18.9 Å². The van der Waals surface area contributed by atoms with Crippen molar-refractivity contribution in [1.82, 2.24) is 4.90 Å².